The number of carbonyl (C=O) groups excluding carboxylic acids is 2. The number of esters is 2. The van der Waals surface area contributed by atoms with Crippen LogP contribution in [-0.2, 0) is 38.4 Å². The SMILES string of the molecule is CCOC(=O)C1(C(=O)OCC)N=C(c2ccco2)C=C1c1cc2c(n1Cc1ccccc1)CCCC2. The molecule has 3 heterocycles. The van der Waals surface area contributed by atoms with Gasteiger partial charge in [0.2, 0.25) is 0 Å². The third-order valence-corrected chi connectivity index (χ3v) is 6.74. The van der Waals surface area contributed by atoms with Crippen molar-refractivity contribution in [2.75, 3.05) is 13.2 Å². The maximum Gasteiger partial charge on any atom is 0.350 e. The van der Waals surface area contributed by atoms with E-state index < -0.39 is 17.5 Å². The number of nitrogens with zero attached hydrogens (tertiary/aromatic N) is 2. The molecule has 0 N–H and O–H groups in total. The van der Waals surface area contributed by atoms with Gasteiger partial charge in [0, 0.05) is 23.5 Å². The summed E-state index contributed by atoms with van der Waals surface area (Å²) in [7, 11) is 0. The van der Waals surface area contributed by atoms with E-state index in [1.165, 1.54) is 17.5 Å². The molecular formula is C29H30N2O5. The van der Waals surface area contributed by atoms with Gasteiger partial charge in [-0.25, -0.2) is 14.6 Å². The van der Waals surface area contributed by atoms with Crippen LogP contribution in [0.1, 0.15) is 55.0 Å². The van der Waals surface area contributed by atoms with Gasteiger partial charge in [-0.2, -0.15) is 0 Å². The number of ether oxygens (including phenoxy) is 2. The Morgan fingerprint density at radius 3 is 2.39 bits per heavy atom. The first kappa shape index (κ1) is 23.9. The fourth-order valence-electron chi connectivity index (χ4n) is 5.12. The van der Waals surface area contributed by atoms with Gasteiger partial charge in [-0.15, -0.1) is 0 Å². The van der Waals surface area contributed by atoms with Gasteiger partial charge in [0.05, 0.1) is 19.5 Å². The van der Waals surface area contributed by atoms with E-state index in [0.717, 1.165) is 36.9 Å². The van der Waals surface area contributed by atoms with E-state index in [9.17, 15) is 9.59 Å². The summed E-state index contributed by atoms with van der Waals surface area (Å²) in [4.78, 5) is 31.8. The smallest absolute Gasteiger partial charge is 0.350 e. The first-order valence-electron chi connectivity index (χ1n) is 12.5. The molecule has 0 atom stereocenters. The average Bonchev–Trinajstić information content (AvgIpc) is 3.63. The van der Waals surface area contributed by atoms with E-state index in [4.69, 9.17) is 13.9 Å². The van der Waals surface area contributed by atoms with Crippen molar-refractivity contribution in [1.82, 2.24) is 4.57 Å². The van der Waals surface area contributed by atoms with Crippen molar-refractivity contribution in [3.63, 3.8) is 0 Å². The van der Waals surface area contributed by atoms with Crippen LogP contribution < -0.4 is 0 Å². The molecule has 0 saturated carbocycles. The number of fused-ring (bicyclic) bond motifs is 1. The van der Waals surface area contributed by atoms with Gasteiger partial charge in [-0.3, -0.25) is 0 Å². The Balaban J connectivity index is 1.73. The Kier molecular flexibility index (Phi) is 6.63. The second-order valence-corrected chi connectivity index (χ2v) is 8.96. The first-order chi connectivity index (χ1) is 17.6. The van der Waals surface area contributed by atoms with Gasteiger partial charge in [-0.1, -0.05) is 30.3 Å². The summed E-state index contributed by atoms with van der Waals surface area (Å²) in [5, 5.41) is 0. The molecule has 1 aromatic carbocycles. The van der Waals surface area contributed by atoms with E-state index in [1.807, 2.05) is 18.2 Å². The van der Waals surface area contributed by atoms with Crippen LogP contribution in [0.2, 0.25) is 0 Å². The van der Waals surface area contributed by atoms with Crippen molar-refractivity contribution in [2.24, 2.45) is 4.99 Å². The average molecular weight is 487 g/mol. The number of hydrogen-bond donors (Lipinski definition) is 0. The highest BCUT2D eigenvalue weighted by atomic mass is 16.6. The maximum absolute atomic E-state index is 13.6. The molecule has 1 aliphatic heterocycles. The fourth-order valence-corrected chi connectivity index (χ4v) is 5.12. The highest BCUT2D eigenvalue weighted by Gasteiger charge is 2.56. The number of rotatable bonds is 8. The van der Waals surface area contributed by atoms with Crippen LogP contribution in [-0.4, -0.2) is 41.0 Å². The van der Waals surface area contributed by atoms with E-state index in [2.05, 4.69) is 27.8 Å². The summed E-state index contributed by atoms with van der Waals surface area (Å²) >= 11 is 0. The predicted octanol–water partition coefficient (Wildman–Crippen LogP) is 4.76. The largest absolute Gasteiger partial charge is 0.463 e. The predicted molar refractivity (Wildman–Crippen MR) is 136 cm³/mol. The Morgan fingerprint density at radius 2 is 1.72 bits per heavy atom. The van der Waals surface area contributed by atoms with Crippen molar-refractivity contribution in [3.05, 3.63) is 89.1 Å². The molecule has 7 nitrogen and oxygen atoms in total. The van der Waals surface area contributed by atoms with Crippen LogP contribution in [0.4, 0.5) is 0 Å². The lowest BCUT2D eigenvalue weighted by molar-refractivity contribution is -0.160. The third-order valence-electron chi connectivity index (χ3n) is 6.74. The van der Waals surface area contributed by atoms with E-state index in [-0.39, 0.29) is 13.2 Å². The lowest BCUT2D eigenvalue weighted by Crippen LogP contribution is -2.47. The molecule has 2 aliphatic rings. The van der Waals surface area contributed by atoms with Crippen LogP contribution in [0.15, 0.2) is 70.3 Å². The molecule has 0 bridgehead atoms. The topological polar surface area (TPSA) is 83.0 Å². The molecule has 3 aromatic rings. The second-order valence-electron chi connectivity index (χ2n) is 8.96. The summed E-state index contributed by atoms with van der Waals surface area (Å²) in [6, 6.07) is 15.8. The number of benzene rings is 1. The molecule has 5 rings (SSSR count). The van der Waals surface area contributed by atoms with Crippen molar-refractivity contribution < 1.29 is 23.5 Å². The summed E-state index contributed by atoms with van der Waals surface area (Å²) in [5.74, 6) is -1.03. The molecule has 0 amide bonds. The number of furan rings is 1. The molecular weight excluding hydrogens is 456 g/mol. The maximum atomic E-state index is 13.6. The molecule has 0 spiro atoms. The Bertz CT molecular complexity index is 1300. The van der Waals surface area contributed by atoms with Crippen LogP contribution >= 0.6 is 0 Å². The minimum absolute atomic E-state index is 0.112. The monoisotopic (exact) mass is 486 g/mol. The standard InChI is InChI=1S/C29H30N2O5/c1-3-34-27(32)29(28(33)35-4-2)22(18-23(30-29)26-15-10-16-36-26)25-17-21-13-8-9-14-24(21)31(25)19-20-11-6-5-7-12-20/h5-7,10-12,15-18H,3-4,8-9,13-14,19H2,1-2H3. The molecule has 2 aromatic heterocycles. The summed E-state index contributed by atoms with van der Waals surface area (Å²) in [6.45, 7) is 4.26. The van der Waals surface area contributed by atoms with Crippen molar-refractivity contribution in [1.29, 1.82) is 0 Å². The third kappa shape index (κ3) is 4.08. The molecule has 1 aliphatic carbocycles. The number of aromatic nitrogens is 1. The van der Waals surface area contributed by atoms with Gasteiger partial charge in [0.25, 0.3) is 5.54 Å². The van der Waals surface area contributed by atoms with Crippen LogP contribution in [0, 0.1) is 0 Å². The molecule has 0 saturated heterocycles. The minimum atomic E-state index is -1.97. The van der Waals surface area contributed by atoms with Gasteiger partial charge < -0.3 is 18.5 Å². The molecule has 36 heavy (non-hydrogen) atoms. The molecule has 186 valence electrons. The van der Waals surface area contributed by atoms with Gasteiger partial charge in [0.15, 0.2) is 5.76 Å². The zero-order valence-electron chi connectivity index (χ0n) is 20.7. The van der Waals surface area contributed by atoms with Crippen molar-refractivity contribution >= 4 is 23.2 Å². The minimum Gasteiger partial charge on any atom is -0.463 e. The Morgan fingerprint density at radius 1 is 1.00 bits per heavy atom. The zero-order valence-corrected chi connectivity index (χ0v) is 20.7. The number of aliphatic imine (C=N–C) groups is 1. The number of carbonyl (C=O) groups is 2. The summed E-state index contributed by atoms with van der Waals surface area (Å²) < 4.78 is 18.7. The van der Waals surface area contributed by atoms with Gasteiger partial charge in [-0.05, 0) is 74.9 Å². The fraction of sp³-hybridized carbons (Fsp3) is 0.345. The lowest BCUT2D eigenvalue weighted by atomic mass is 9.88. The van der Waals surface area contributed by atoms with Crippen molar-refractivity contribution in [2.45, 2.75) is 51.6 Å². The lowest BCUT2D eigenvalue weighted by Gasteiger charge is -2.26. The number of hydrogen-bond acceptors (Lipinski definition) is 6. The quantitative estimate of drug-likeness (QED) is 0.339. The van der Waals surface area contributed by atoms with E-state index in [1.54, 1.807) is 32.1 Å². The normalized spacial score (nSPS) is 16.2. The zero-order chi connectivity index (χ0) is 25.1. The Hall–Kier alpha value is -3.87. The molecule has 0 unspecified atom stereocenters. The Labute approximate surface area is 210 Å². The van der Waals surface area contributed by atoms with E-state index >= 15 is 0 Å². The summed E-state index contributed by atoms with van der Waals surface area (Å²) in [5.41, 5.74) is 3.26. The second kappa shape index (κ2) is 10.0. The molecule has 7 heteroatoms. The molecule has 0 fully saturated rings. The number of allylic oxidation sites excluding steroid dienone is 1. The van der Waals surface area contributed by atoms with Crippen LogP contribution in [0.5, 0.6) is 0 Å². The van der Waals surface area contributed by atoms with Gasteiger partial charge in [0.1, 0.15) is 5.71 Å². The van der Waals surface area contributed by atoms with Crippen molar-refractivity contribution in [3.8, 4) is 0 Å². The van der Waals surface area contributed by atoms with Crippen LogP contribution in [0.3, 0.4) is 0 Å². The summed E-state index contributed by atoms with van der Waals surface area (Å²) in [6.07, 6.45) is 7.41. The highest BCUT2D eigenvalue weighted by molar-refractivity contribution is 6.28. The van der Waals surface area contributed by atoms with E-state index in [0.29, 0.717) is 23.6 Å². The highest BCUT2D eigenvalue weighted by Crippen LogP contribution is 2.42. The first-order valence-corrected chi connectivity index (χ1v) is 12.5. The van der Waals surface area contributed by atoms with Crippen LogP contribution in [0.25, 0.3) is 5.57 Å². The van der Waals surface area contributed by atoms with Gasteiger partial charge >= 0.3 is 11.9 Å². The molecule has 0 radical (unpaired) electrons. The number of aryl methyl sites for hydroxylation is 1.